The van der Waals surface area contributed by atoms with Crippen LogP contribution in [0.25, 0.3) is 0 Å². The molecule has 142 valence electrons. The van der Waals surface area contributed by atoms with Gasteiger partial charge >= 0.3 is 0 Å². The zero-order valence-electron chi connectivity index (χ0n) is 15.7. The van der Waals surface area contributed by atoms with Crippen LogP contribution in [0.5, 0.6) is 0 Å². The van der Waals surface area contributed by atoms with Gasteiger partial charge in [0.25, 0.3) is 0 Å². The summed E-state index contributed by atoms with van der Waals surface area (Å²) in [6, 6.07) is 7.62. The van der Waals surface area contributed by atoms with Crippen LogP contribution < -0.4 is 10.6 Å². The number of hydrogen-bond acceptors (Lipinski definition) is 6. The average molecular weight is 384 g/mol. The number of amides is 1. The number of hydrogen-bond donors (Lipinski definition) is 2. The molecule has 3 rings (SSSR count). The van der Waals surface area contributed by atoms with Crippen molar-refractivity contribution < 1.29 is 4.79 Å². The topological polar surface area (TPSA) is 70.1 Å². The van der Waals surface area contributed by atoms with Crippen LogP contribution in [0.4, 0.5) is 17.2 Å². The van der Waals surface area contributed by atoms with E-state index >= 15 is 0 Å². The van der Waals surface area contributed by atoms with Crippen LogP contribution in [0.2, 0.25) is 0 Å². The van der Waals surface area contributed by atoms with Gasteiger partial charge in [-0.15, -0.1) is 11.8 Å². The molecule has 7 heteroatoms. The Morgan fingerprint density at radius 2 is 2.07 bits per heavy atom. The monoisotopic (exact) mass is 383 g/mol. The predicted molar refractivity (Wildman–Crippen MR) is 112 cm³/mol. The van der Waals surface area contributed by atoms with Crippen molar-refractivity contribution in [1.29, 1.82) is 0 Å². The van der Waals surface area contributed by atoms with Crippen LogP contribution in [0, 0.1) is 6.92 Å². The zero-order valence-corrected chi connectivity index (χ0v) is 16.6. The highest BCUT2D eigenvalue weighted by atomic mass is 32.2. The summed E-state index contributed by atoms with van der Waals surface area (Å²) in [6.07, 6.45) is 9.85. The Kier molecular flexibility index (Phi) is 6.84. The van der Waals surface area contributed by atoms with Gasteiger partial charge in [0.15, 0.2) is 0 Å². The lowest BCUT2D eigenvalue weighted by Gasteiger charge is -2.11. The van der Waals surface area contributed by atoms with E-state index in [1.165, 1.54) is 12.8 Å². The van der Waals surface area contributed by atoms with Gasteiger partial charge in [-0.2, -0.15) is 0 Å². The van der Waals surface area contributed by atoms with Crippen LogP contribution in [-0.2, 0) is 4.79 Å². The number of thioether (sulfide) groups is 1. The SMILES string of the molecule is CSc1cnc(C)nc1Nc1cccc(NC(=O)/C=C/CN2CCCC2)c1. The highest BCUT2D eigenvalue weighted by Gasteiger charge is 2.09. The van der Waals surface area contributed by atoms with Gasteiger partial charge in [-0.05, 0) is 57.3 Å². The number of rotatable bonds is 7. The summed E-state index contributed by atoms with van der Waals surface area (Å²) < 4.78 is 0. The van der Waals surface area contributed by atoms with Gasteiger partial charge in [0.2, 0.25) is 5.91 Å². The lowest BCUT2D eigenvalue weighted by atomic mass is 10.2. The number of aromatic nitrogens is 2. The summed E-state index contributed by atoms with van der Waals surface area (Å²) in [4.78, 5) is 24.1. The molecule has 1 saturated heterocycles. The fraction of sp³-hybridized carbons (Fsp3) is 0.350. The van der Waals surface area contributed by atoms with E-state index in [4.69, 9.17) is 0 Å². The van der Waals surface area contributed by atoms with Crippen molar-refractivity contribution in [2.75, 3.05) is 36.5 Å². The Morgan fingerprint density at radius 1 is 1.30 bits per heavy atom. The van der Waals surface area contributed by atoms with E-state index in [0.717, 1.165) is 41.7 Å². The molecule has 0 atom stereocenters. The van der Waals surface area contributed by atoms with Crippen LogP contribution in [0.1, 0.15) is 18.7 Å². The summed E-state index contributed by atoms with van der Waals surface area (Å²) in [5.74, 6) is 1.36. The van der Waals surface area contributed by atoms with Crippen molar-refractivity contribution in [3.63, 3.8) is 0 Å². The third-order valence-electron chi connectivity index (χ3n) is 4.32. The zero-order chi connectivity index (χ0) is 19.1. The van der Waals surface area contributed by atoms with Crippen molar-refractivity contribution in [1.82, 2.24) is 14.9 Å². The largest absolute Gasteiger partial charge is 0.339 e. The lowest BCUT2D eigenvalue weighted by Crippen LogP contribution is -2.19. The van der Waals surface area contributed by atoms with Crippen molar-refractivity contribution >= 4 is 34.9 Å². The Balaban J connectivity index is 1.60. The van der Waals surface area contributed by atoms with Gasteiger partial charge in [0, 0.05) is 30.2 Å². The van der Waals surface area contributed by atoms with Gasteiger partial charge in [-0.25, -0.2) is 9.97 Å². The molecule has 1 aromatic heterocycles. The van der Waals surface area contributed by atoms with E-state index in [0.29, 0.717) is 5.82 Å². The first-order valence-electron chi connectivity index (χ1n) is 9.08. The summed E-state index contributed by atoms with van der Waals surface area (Å²) in [5, 5.41) is 6.22. The molecule has 1 aliphatic rings. The number of aryl methyl sites for hydroxylation is 1. The maximum Gasteiger partial charge on any atom is 0.248 e. The maximum atomic E-state index is 12.1. The first-order chi connectivity index (χ1) is 13.1. The summed E-state index contributed by atoms with van der Waals surface area (Å²) in [6.45, 7) is 4.94. The fourth-order valence-corrected chi connectivity index (χ4v) is 3.42. The molecule has 2 heterocycles. The fourth-order valence-electron chi connectivity index (χ4n) is 2.97. The van der Waals surface area contributed by atoms with Crippen LogP contribution >= 0.6 is 11.8 Å². The van der Waals surface area contributed by atoms with Crippen molar-refractivity contribution in [2.24, 2.45) is 0 Å². The molecule has 27 heavy (non-hydrogen) atoms. The Labute approximate surface area is 164 Å². The molecule has 1 amide bonds. The standard InChI is InChI=1S/C20H25N5OS/c1-15-21-14-18(27-2)20(22-15)24-17-8-5-7-16(13-17)23-19(26)9-6-12-25-10-3-4-11-25/h5-9,13-14H,3-4,10-12H2,1-2H3,(H,23,26)(H,21,22,24)/b9-6+. The molecule has 1 fully saturated rings. The third-order valence-corrected chi connectivity index (χ3v) is 5.06. The molecule has 6 nitrogen and oxygen atoms in total. The Morgan fingerprint density at radius 3 is 2.85 bits per heavy atom. The predicted octanol–water partition coefficient (Wildman–Crippen LogP) is 3.84. The summed E-state index contributed by atoms with van der Waals surface area (Å²) in [5.41, 5.74) is 1.61. The lowest BCUT2D eigenvalue weighted by molar-refractivity contribution is -0.111. The second-order valence-electron chi connectivity index (χ2n) is 6.44. The van der Waals surface area contributed by atoms with Gasteiger partial charge in [-0.1, -0.05) is 12.1 Å². The average Bonchev–Trinajstić information content (AvgIpc) is 3.16. The third kappa shape index (κ3) is 5.80. The van der Waals surface area contributed by atoms with Crippen LogP contribution in [0.3, 0.4) is 0 Å². The molecule has 0 saturated carbocycles. The minimum Gasteiger partial charge on any atom is -0.339 e. The smallest absolute Gasteiger partial charge is 0.248 e. The normalized spacial score (nSPS) is 14.6. The minimum absolute atomic E-state index is 0.117. The molecular weight excluding hydrogens is 358 g/mol. The molecule has 1 aliphatic heterocycles. The Bertz CT molecular complexity index is 818. The molecule has 0 spiro atoms. The second kappa shape index (κ2) is 9.53. The van der Waals surface area contributed by atoms with E-state index in [-0.39, 0.29) is 5.91 Å². The second-order valence-corrected chi connectivity index (χ2v) is 7.29. The Hall–Kier alpha value is -2.38. The van der Waals surface area contributed by atoms with Crippen LogP contribution in [-0.4, -0.2) is 46.7 Å². The van der Waals surface area contributed by atoms with E-state index in [1.54, 1.807) is 17.8 Å². The molecule has 0 radical (unpaired) electrons. The van der Waals surface area contributed by atoms with Gasteiger partial charge in [0.05, 0.1) is 4.90 Å². The quantitative estimate of drug-likeness (QED) is 0.559. The molecule has 0 bridgehead atoms. The minimum atomic E-state index is -0.117. The highest BCUT2D eigenvalue weighted by molar-refractivity contribution is 7.98. The van der Waals surface area contributed by atoms with Crippen molar-refractivity contribution in [3.05, 3.63) is 48.4 Å². The summed E-state index contributed by atoms with van der Waals surface area (Å²) >= 11 is 1.59. The number of nitrogens with zero attached hydrogens (tertiary/aromatic N) is 3. The van der Waals surface area contributed by atoms with Gasteiger partial charge in [0.1, 0.15) is 11.6 Å². The molecule has 0 unspecified atom stereocenters. The molecule has 2 aromatic rings. The van der Waals surface area contributed by atoms with Crippen molar-refractivity contribution in [2.45, 2.75) is 24.7 Å². The highest BCUT2D eigenvalue weighted by Crippen LogP contribution is 2.26. The number of carbonyl (C=O) groups excluding carboxylic acids is 1. The molecule has 2 N–H and O–H groups in total. The van der Waals surface area contributed by atoms with E-state index in [9.17, 15) is 4.79 Å². The molecule has 0 aliphatic carbocycles. The number of benzene rings is 1. The first-order valence-corrected chi connectivity index (χ1v) is 10.3. The number of carbonyl (C=O) groups is 1. The number of anilines is 3. The first kappa shape index (κ1) is 19.4. The maximum absolute atomic E-state index is 12.1. The van der Waals surface area contributed by atoms with Gasteiger partial charge in [-0.3, -0.25) is 9.69 Å². The number of likely N-dealkylation sites (tertiary alicyclic amines) is 1. The van der Waals surface area contributed by atoms with E-state index < -0.39 is 0 Å². The molecule has 1 aromatic carbocycles. The van der Waals surface area contributed by atoms with E-state index in [2.05, 4.69) is 25.5 Å². The summed E-state index contributed by atoms with van der Waals surface area (Å²) in [7, 11) is 0. The number of nitrogens with one attached hydrogen (secondary N) is 2. The van der Waals surface area contributed by atoms with Crippen molar-refractivity contribution in [3.8, 4) is 0 Å². The van der Waals surface area contributed by atoms with Crippen LogP contribution in [0.15, 0.2) is 47.5 Å². The van der Waals surface area contributed by atoms with Gasteiger partial charge < -0.3 is 10.6 Å². The van der Waals surface area contributed by atoms with E-state index in [1.807, 2.05) is 49.7 Å². The molecular formula is C20H25N5OS.